The van der Waals surface area contributed by atoms with E-state index in [1.807, 2.05) is 16.6 Å². The number of fused-ring (bicyclic) bond motifs is 1. The molecule has 0 spiro atoms. The van der Waals surface area contributed by atoms with Crippen LogP contribution in [0.2, 0.25) is 0 Å². The van der Waals surface area contributed by atoms with Gasteiger partial charge in [-0.25, -0.2) is 4.98 Å². The standard InChI is InChI=1S/C17H17N5O2/c1-24-14-4-2-12(3-5-14)17(23)20-13-10-21(11-13)16-7-8-18-15-6-9-19-22(15)16/h2-9,13H,10-11H2,1H3,(H,20,23). The number of ether oxygens (including phenoxy) is 1. The second kappa shape index (κ2) is 5.84. The maximum absolute atomic E-state index is 12.3. The SMILES string of the molecule is COc1ccc(C(=O)NC2CN(c3ccnc4ccnn34)C2)cc1. The highest BCUT2D eigenvalue weighted by Crippen LogP contribution is 2.21. The van der Waals surface area contributed by atoms with E-state index in [0.29, 0.717) is 5.56 Å². The molecular weight excluding hydrogens is 306 g/mol. The molecule has 7 heteroatoms. The van der Waals surface area contributed by atoms with Crippen LogP contribution in [0.15, 0.2) is 48.8 Å². The molecule has 1 fully saturated rings. The molecule has 3 aromatic rings. The number of amides is 1. The molecule has 1 N–H and O–H groups in total. The summed E-state index contributed by atoms with van der Waals surface area (Å²) in [5.41, 5.74) is 1.45. The van der Waals surface area contributed by atoms with Crippen LogP contribution in [0, 0.1) is 0 Å². The highest BCUT2D eigenvalue weighted by Gasteiger charge is 2.30. The quantitative estimate of drug-likeness (QED) is 0.785. The summed E-state index contributed by atoms with van der Waals surface area (Å²) in [6.07, 6.45) is 3.50. The molecule has 3 heterocycles. The molecule has 0 atom stereocenters. The molecule has 24 heavy (non-hydrogen) atoms. The van der Waals surface area contributed by atoms with Gasteiger partial charge in [0.2, 0.25) is 0 Å². The topological polar surface area (TPSA) is 71.8 Å². The summed E-state index contributed by atoms with van der Waals surface area (Å²) in [7, 11) is 1.60. The summed E-state index contributed by atoms with van der Waals surface area (Å²) >= 11 is 0. The number of carbonyl (C=O) groups is 1. The molecule has 122 valence electrons. The Balaban J connectivity index is 1.39. The fourth-order valence-corrected chi connectivity index (χ4v) is 2.83. The fraction of sp³-hybridized carbons (Fsp3) is 0.235. The van der Waals surface area contributed by atoms with Crippen molar-refractivity contribution in [1.82, 2.24) is 19.9 Å². The normalized spacial score (nSPS) is 14.5. The highest BCUT2D eigenvalue weighted by atomic mass is 16.5. The van der Waals surface area contributed by atoms with Crippen molar-refractivity contribution in [3.05, 3.63) is 54.4 Å². The summed E-state index contributed by atoms with van der Waals surface area (Å²) in [6.45, 7) is 1.50. The average molecular weight is 323 g/mol. The number of hydrogen-bond acceptors (Lipinski definition) is 5. The van der Waals surface area contributed by atoms with Gasteiger partial charge in [-0.15, -0.1) is 0 Å². The van der Waals surface area contributed by atoms with Gasteiger partial charge in [-0.05, 0) is 30.3 Å². The van der Waals surface area contributed by atoms with Gasteiger partial charge in [0.15, 0.2) is 5.65 Å². The Hall–Kier alpha value is -3.09. The van der Waals surface area contributed by atoms with Crippen LogP contribution in [0.3, 0.4) is 0 Å². The largest absolute Gasteiger partial charge is 0.497 e. The number of nitrogens with one attached hydrogen (secondary N) is 1. The molecule has 1 aromatic carbocycles. The third kappa shape index (κ3) is 2.54. The second-order valence-electron chi connectivity index (χ2n) is 5.71. The van der Waals surface area contributed by atoms with Gasteiger partial charge >= 0.3 is 0 Å². The average Bonchev–Trinajstić information content (AvgIpc) is 3.06. The van der Waals surface area contributed by atoms with Gasteiger partial charge in [-0.3, -0.25) is 4.79 Å². The summed E-state index contributed by atoms with van der Waals surface area (Å²) < 4.78 is 6.91. The Kier molecular flexibility index (Phi) is 3.53. The third-order valence-corrected chi connectivity index (χ3v) is 4.16. The predicted molar refractivity (Wildman–Crippen MR) is 89.4 cm³/mol. The number of hydrogen-bond donors (Lipinski definition) is 1. The Morgan fingerprint density at radius 3 is 2.71 bits per heavy atom. The van der Waals surface area contributed by atoms with Gasteiger partial charge in [-0.2, -0.15) is 9.61 Å². The number of aromatic nitrogens is 3. The maximum atomic E-state index is 12.3. The molecule has 1 saturated heterocycles. The molecular formula is C17H17N5O2. The van der Waals surface area contributed by atoms with E-state index in [9.17, 15) is 4.79 Å². The lowest BCUT2D eigenvalue weighted by Gasteiger charge is -2.40. The molecule has 0 aliphatic carbocycles. The first-order valence-electron chi connectivity index (χ1n) is 7.73. The van der Waals surface area contributed by atoms with Crippen molar-refractivity contribution in [3.8, 4) is 5.75 Å². The van der Waals surface area contributed by atoms with Crippen LogP contribution in [-0.4, -0.2) is 46.7 Å². The number of anilines is 1. The minimum Gasteiger partial charge on any atom is -0.497 e. The number of nitrogens with zero attached hydrogens (tertiary/aromatic N) is 4. The smallest absolute Gasteiger partial charge is 0.251 e. The van der Waals surface area contributed by atoms with E-state index in [1.165, 1.54) is 0 Å². The van der Waals surface area contributed by atoms with Crippen LogP contribution in [0.1, 0.15) is 10.4 Å². The Morgan fingerprint density at radius 1 is 1.17 bits per heavy atom. The van der Waals surface area contributed by atoms with Crippen molar-refractivity contribution in [3.63, 3.8) is 0 Å². The zero-order valence-electron chi connectivity index (χ0n) is 13.2. The van der Waals surface area contributed by atoms with Crippen molar-refractivity contribution >= 4 is 17.4 Å². The van der Waals surface area contributed by atoms with Crippen LogP contribution in [0.25, 0.3) is 5.65 Å². The molecule has 1 aliphatic heterocycles. The number of rotatable bonds is 4. The van der Waals surface area contributed by atoms with E-state index in [-0.39, 0.29) is 11.9 Å². The van der Waals surface area contributed by atoms with Crippen molar-refractivity contribution in [1.29, 1.82) is 0 Å². The Bertz CT molecular complexity index is 868. The van der Waals surface area contributed by atoms with E-state index in [4.69, 9.17) is 4.74 Å². The van der Waals surface area contributed by atoms with Gasteiger partial charge < -0.3 is 15.0 Å². The number of methoxy groups -OCH3 is 1. The molecule has 1 amide bonds. The highest BCUT2D eigenvalue weighted by molar-refractivity contribution is 5.94. The first-order chi connectivity index (χ1) is 11.7. The van der Waals surface area contributed by atoms with E-state index in [2.05, 4.69) is 20.3 Å². The molecule has 0 saturated carbocycles. The van der Waals surface area contributed by atoms with Gasteiger partial charge in [0.05, 0.1) is 19.3 Å². The Labute approximate surface area is 138 Å². The zero-order chi connectivity index (χ0) is 16.5. The van der Waals surface area contributed by atoms with Gasteiger partial charge in [-0.1, -0.05) is 0 Å². The van der Waals surface area contributed by atoms with Crippen LogP contribution in [-0.2, 0) is 0 Å². The second-order valence-corrected chi connectivity index (χ2v) is 5.71. The van der Waals surface area contributed by atoms with Crippen molar-refractivity contribution < 1.29 is 9.53 Å². The first kappa shape index (κ1) is 14.5. The molecule has 2 aromatic heterocycles. The lowest BCUT2D eigenvalue weighted by Crippen LogP contribution is -2.60. The van der Waals surface area contributed by atoms with Crippen LogP contribution in [0.5, 0.6) is 5.75 Å². The summed E-state index contributed by atoms with van der Waals surface area (Å²) in [5.74, 6) is 1.66. The molecule has 0 radical (unpaired) electrons. The van der Waals surface area contributed by atoms with E-state index >= 15 is 0 Å². The predicted octanol–water partition coefficient (Wildman–Crippen LogP) is 1.36. The van der Waals surface area contributed by atoms with Crippen molar-refractivity contribution in [2.24, 2.45) is 0 Å². The summed E-state index contributed by atoms with van der Waals surface area (Å²) in [6, 6.07) is 11.0. The molecule has 1 aliphatic rings. The van der Waals surface area contributed by atoms with E-state index in [0.717, 1.165) is 30.3 Å². The number of carbonyl (C=O) groups excluding carboxylic acids is 1. The minimum atomic E-state index is -0.0683. The monoisotopic (exact) mass is 323 g/mol. The fourth-order valence-electron chi connectivity index (χ4n) is 2.83. The zero-order valence-corrected chi connectivity index (χ0v) is 13.2. The van der Waals surface area contributed by atoms with Crippen LogP contribution < -0.4 is 15.0 Å². The van der Waals surface area contributed by atoms with Crippen molar-refractivity contribution in [2.45, 2.75) is 6.04 Å². The van der Waals surface area contributed by atoms with Gasteiger partial charge in [0.1, 0.15) is 11.6 Å². The van der Waals surface area contributed by atoms with E-state index < -0.39 is 0 Å². The minimum absolute atomic E-state index is 0.0683. The molecule has 7 nitrogen and oxygen atoms in total. The van der Waals surface area contributed by atoms with Crippen molar-refractivity contribution in [2.75, 3.05) is 25.1 Å². The summed E-state index contributed by atoms with van der Waals surface area (Å²) in [5, 5.41) is 7.33. The Morgan fingerprint density at radius 2 is 1.96 bits per heavy atom. The maximum Gasteiger partial charge on any atom is 0.251 e. The van der Waals surface area contributed by atoms with Gasteiger partial charge in [0.25, 0.3) is 5.91 Å². The first-order valence-corrected chi connectivity index (χ1v) is 7.73. The number of benzene rings is 1. The lowest BCUT2D eigenvalue weighted by molar-refractivity contribution is 0.0930. The summed E-state index contributed by atoms with van der Waals surface area (Å²) in [4.78, 5) is 18.7. The molecule has 4 rings (SSSR count). The lowest BCUT2D eigenvalue weighted by atomic mass is 10.1. The van der Waals surface area contributed by atoms with E-state index in [1.54, 1.807) is 43.8 Å². The van der Waals surface area contributed by atoms with Gasteiger partial charge in [0, 0.05) is 30.9 Å². The van der Waals surface area contributed by atoms with Crippen LogP contribution in [0.4, 0.5) is 5.82 Å². The van der Waals surface area contributed by atoms with Crippen LogP contribution >= 0.6 is 0 Å². The molecule has 0 bridgehead atoms. The molecule has 0 unspecified atom stereocenters. The third-order valence-electron chi connectivity index (χ3n) is 4.16.